The number of methoxy groups -OCH3 is 1. The van der Waals surface area contributed by atoms with Crippen LogP contribution in [0, 0.1) is 5.92 Å². The summed E-state index contributed by atoms with van der Waals surface area (Å²) < 4.78 is 5.84. The fourth-order valence-corrected chi connectivity index (χ4v) is 7.99. The number of rotatable bonds is 6. The van der Waals surface area contributed by atoms with Gasteiger partial charge in [0.1, 0.15) is 27.0 Å². The van der Waals surface area contributed by atoms with Crippen molar-refractivity contribution in [1.29, 1.82) is 0 Å². The quantitative estimate of drug-likeness (QED) is 0.299. The predicted octanol–water partition coefficient (Wildman–Crippen LogP) is 4.03. The van der Waals surface area contributed by atoms with Gasteiger partial charge in [0.25, 0.3) is 17.7 Å². The molecule has 1 unspecified atom stereocenters. The van der Waals surface area contributed by atoms with Crippen molar-refractivity contribution in [1.82, 2.24) is 36.1 Å². The summed E-state index contributed by atoms with van der Waals surface area (Å²) in [6.45, 7) is 6.66. The molecule has 264 valence electrons. The number of piperidine rings is 1. The Bertz CT molecular complexity index is 1570. The lowest BCUT2D eigenvalue weighted by atomic mass is 9.90. The number of carbonyl (C=O) groups excluding carboxylic acids is 4. The minimum Gasteiger partial charge on any atom is -0.368 e. The predicted molar refractivity (Wildman–Crippen MR) is 190 cm³/mol. The number of fused-ring (bicyclic) bond motifs is 4. The second-order valence-corrected chi connectivity index (χ2v) is 14.8. The van der Waals surface area contributed by atoms with E-state index in [1.807, 2.05) is 30.3 Å². The summed E-state index contributed by atoms with van der Waals surface area (Å²) in [7, 11) is 1.58. The zero-order valence-corrected chi connectivity index (χ0v) is 30.1. The van der Waals surface area contributed by atoms with E-state index in [1.54, 1.807) is 22.8 Å². The van der Waals surface area contributed by atoms with Crippen LogP contribution in [-0.4, -0.2) is 83.9 Å². The summed E-state index contributed by atoms with van der Waals surface area (Å²) in [6.07, 6.45) is 3.49. The summed E-state index contributed by atoms with van der Waals surface area (Å²) in [4.78, 5) is 65.0. The van der Waals surface area contributed by atoms with Gasteiger partial charge in [0.2, 0.25) is 5.91 Å². The van der Waals surface area contributed by atoms with Crippen molar-refractivity contribution in [3.05, 3.63) is 68.1 Å². The van der Waals surface area contributed by atoms with Crippen molar-refractivity contribution in [3.8, 4) is 0 Å². The van der Waals surface area contributed by atoms with Crippen LogP contribution in [0.15, 0.2) is 41.1 Å². The molecule has 0 aliphatic carbocycles. The van der Waals surface area contributed by atoms with Gasteiger partial charge in [0.05, 0.1) is 12.1 Å². The third-order valence-electron chi connectivity index (χ3n) is 8.94. The van der Waals surface area contributed by atoms with E-state index in [4.69, 9.17) is 4.74 Å². The van der Waals surface area contributed by atoms with Gasteiger partial charge in [0, 0.05) is 43.9 Å². The van der Waals surface area contributed by atoms with Gasteiger partial charge in [-0.15, -0.1) is 22.7 Å². The maximum absolute atomic E-state index is 13.9. The lowest BCUT2D eigenvalue weighted by molar-refractivity contribution is -0.158. The standard InChI is InChI=1S/C35H47N7O5S2/c1-23(2)19-25-32-41-28(22-49-32)31(45)39-26(20-24-9-5-4-6-10-24)33-40-27(21-48-33)30(44)37-14-8-18-42(17-7-11-29(43)38-25)34(46)35(47-3)12-15-36-16-13-35/h4-6,9-10,21-23,25-26,36H,7-8,11-20H2,1-3H3,(H,37,44)(H,38,43)(H,39,45)/t25?,26-/m0/s1. The smallest absolute Gasteiger partial charge is 0.271 e. The minimum absolute atomic E-state index is 0.0830. The highest BCUT2D eigenvalue weighted by Crippen LogP contribution is 2.28. The molecule has 4 bridgehead atoms. The molecule has 0 spiro atoms. The second kappa shape index (κ2) is 17.3. The van der Waals surface area contributed by atoms with E-state index in [0.29, 0.717) is 81.3 Å². The molecule has 4 N–H and O–H groups in total. The number of hydrogen-bond acceptors (Lipinski definition) is 10. The molecular formula is C35H47N7O5S2. The van der Waals surface area contributed by atoms with Gasteiger partial charge >= 0.3 is 0 Å². The van der Waals surface area contributed by atoms with E-state index in [0.717, 1.165) is 5.56 Å². The Morgan fingerprint density at radius 2 is 1.57 bits per heavy atom. The molecule has 1 fully saturated rings. The fraction of sp³-hybridized carbons (Fsp3) is 0.543. The summed E-state index contributed by atoms with van der Waals surface area (Å²) >= 11 is 2.66. The van der Waals surface area contributed by atoms with Gasteiger partial charge in [-0.1, -0.05) is 44.2 Å². The lowest BCUT2D eigenvalue weighted by Gasteiger charge is -2.39. The first-order valence-corrected chi connectivity index (χ1v) is 18.8. The molecule has 2 aliphatic rings. The molecule has 4 heterocycles. The van der Waals surface area contributed by atoms with Crippen molar-refractivity contribution in [2.45, 2.75) is 76.5 Å². The molecule has 2 aromatic heterocycles. The van der Waals surface area contributed by atoms with Crippen LogP contribution in [0.25, 0.3) is 0 Å². The molecule has 0 radical (unpaired) electrons. The molecule has 0 saturated carbocycles. The topological polar surface area (TPSA) is 155 Å². The SMILES string of the molecule is COC1(C(=O)N2CCCNC(=O)c3csc(n3)[C@H](Cc3ccccc3)NC(=O)c3csc(n3)C(CC(C)C)NC(=O)CCC2)CCNCC1. The molecule has 49 heavy (non-hydrogen) atoms. The van der Waals surface area contributed by atoms with Gasteiger partial charge in [-0.3, -0.25) is 19.2 Å². The number of amides is 4. The first-order valence-electron chi connectivity index (χ1n) is 17.1. The van der Waals surface area contributed by atoms with Crippen molar-refractivity contribution in [2.75, 3.05) is 39.8 Å². The second-order valence-electron chi connectivity index (χ2n) is 13.1. The Balaban J connectivity index is 1.41. The molecule has 12 nitrogen and oxygen atoms in total. The number of nitrogens with zero attached hydrogens (tertiary/aromatic N) is 3. The first-order chi connectivity index (χ1) is 23.7. The van der Waals surface area contributed by atoms with Crippen molar-refractivity contribution < 1.29 is 23.9 Å². The normalized spacial score (nSPS) is 21.3. The molecule has 2 aliphatic heterocycles. The third-order valence-corrected chi connectivity index (χ3v) is 10.9. The minimum atomic E-state index is -0.910. The molecule has 1 saturated heterocycles. The van der Waals surface area contributed by atoms with Crippen LogP contribution in [0.1, 0.15) is 101 Å². The highest BCUT2D eigenvalue weighted by atomic mass is 32.1. The summed E-state index contributed by atoms with van der Waals surface area (Å²) in [5, 5.41) is 17.2. The van der Waals surface area contributed by atoms with E-state index in [9.17, 15) is 19.2 Å². The maximum Gasteiger partial charge on any atom is 0.271 e. The van der Waals surface area contributed by atoms with Crippen LogP contribution < -0.4 is 21.3 Å². The number of benzene rings is 1. The van der Waals surface area contributed by atoms with Crippen LogP contribution >= 0.6 is 22.7 Å². The third kappa shape index (κ3) is 9.71. The van der Waals surface area contributed by atoms with E-state index < -0.39 is 11.6 Å². The van der Waals surface area contributed by atoms with Gasteiger partial charge < -0.3 is 30.9 Å². The van der Waals surface area contributed by atoms with E-state index in [2.05, 4.69) is 45.1 Å². The van der Waals surface area contributed by atoms with E-state index in [-0.39, 0.29) is 53.4 Å². The van der Waals surface area contributed by atoms with Gasteiger partial charge in [-0.25, -0.2) is 9.97 Å². The van der Waals surface area contributed by atoms with Crippen molar-refractivity contribution in [2.24, 2.45) is 5.92 Å². The Kier molecular flexibility index (Phi) is 12.9. The van der Waals surface area contributed by atoms with E-state index >= 15 is 0 Å². The molecule has 5 rings (SSSR count). The summed E-state index contributed by atoms with van der Waals surface area (Å²) in [6, 6.07) is 8.95. The van der Waals surface area contributed by atoms with Crippen LogP contribution in [0.5, 0.6) is 0 Å². The largest absolute Gasteiger partial charge is 0.368 e. The van der Waals surface area contributed by atoms with Crippen LogP contribution in [0.3, 0.4) is 0 Å². The Morgan fingerprint density at radius 1 is 0.918 bits per heavy atom. The number of aromatic nitrogens is 2. The van der Waals surface area contributed by atoms with Gasteiger partial charge in [-0.05, 0) is 63.1 Å². The summed E-state index contributed by atoms with van der Waals surface area (Å²) in [5.41, 5.74) is 0.640. The highest BCUT2D eigenvalue weighted by molar-refractivity contribution is 7.10. The molecule has 1 aromatic carbocycles. The highest BCUT2D eigenvalue weighted by Gasteiger charge is 2.42. The Morgan fingerprint density at radius 3 is 2.24 bits per heavy atom. The molecule has 3 aromatic rings. The number of nitrogens with one attached hydrogen (secondary N) is 4. The Labute approximate surface area is 295 Å². The van der Waals surface area contributed by atoms with Crippen LogP contribution in [-0.2, 0) is 20.7 Å². The first kappa shape index (κ1) is 36.6. The van der Waals surface area contributed by atoms with Gasteiger partial charge in [-0.2, -0.15) is 0 Å². The summed E-state index contributed by atoms with van der Waals surface area (Å²) in [5.74, 6) is -0.615. The molecule has 14 heteroatoms. The zero-order valence-electron chi connectivity index (χ0n) is 28.5. The maximum atomic E-state index is 13.9. The number of thiazole rings is 2. The van der Waals surface area contributed by atoms with Gasteiger partial charge in [0.15, 0.2) is 0 Å². The van der Waals surface area contributed by atoms with Crippen LogP contribution in [0.2, 0.25) is 0 Å². The monoisotopic (exact) mass is 709 g/mol. The average molecular weight is 710 g/mol. The number of hydrogen-bond donors (Lipinski definition) is 4. The van der Waals surface area contributed by atoms with Crippen molar-refractivity contribution in [3.63, 3.8) is 0 Å². The zero-order chi connectivity index (χ0) is 34.8. The molecular weight excluding hydrogens is 663 g/mol. The fourth-order valence-electron chi connectivity index (χ4n) is 6.28. The van der Waals surface area contributed by atoms with Crippen LogP contribution in [0.4, 0.5) is 0 Å². The molecule has 4 amide bonds. The Hall–Kier alpha value is -3.72. The average Bonchev–Trinajstić information content (AvgIpc) is 3.80. The number of ether oxygens (including phenoxy) is 1. The van der Waals surface area contributed by atoms with E-state index in [1.165, 1.54) is 22.7 Å². The molecule has 2 atom stereocenters. The van der Waals surface area contributed by atoms with Crippen molar-refractivity contribution >= 4 is 46.3 Å². The number of carbonyl (C=O) groups is 4. The lowest BCUT2D eigenvalue weighted by Crippen LogP contribution is -2.55.